The van der Waals surface area contributed by atoms with Gasteiger partial charge in [0.25, 0.3) is 0 Å². The maximum Gasteiger partial charge on any atom is 0.316 e. The quantitative estimate of drug-likeness (QED) is 0.0314. The number of carbonyl (C=O) groups excluding carboxylic acids is 6. The van der Waals surface area contributed by atoms with Crippen LogP contribution in [0.15, 0.2) is 60.7 Å². The van der Waals surface area contributed by atoms with E-state index in [-0.39, 0.29) is 28.9 Å². The van der Waals surface area contributed by atoms with Gasteiger partial charge in [-0.15, -0.1) is 0 Å². The third-order valence-corrected chi connectivity index (χ3v) is 15.1. The lowest BCUT2D eigenvalue weighted by Crippen LogP contribution is -2.30. The summed E-state index contributed by atoms with van der Waals surface area (Å²) in [5, 5.41) is 0. The van der Waals surface area contributed by atoms with E-state index in [1.807, 2.05) is 55.4 Å². The highest BCUT2D eigenvalue weighted by Gasteiger charge is 2.42. The number of hydrogen-bond donors (Lipinski definition) is 0. The second kappa shape index (κ2) is 30.3. The van der Waals surface area contributed by atoms with Gasteiger partial charge in [0, 0.05) is 33.4 Å². The SMILES string of the molecule is CCCOc1c(C=CC(=O)c2ccc(OC(=O)C(C)(C)C)cc2)c(OC(=O)C(C)(C)C)c(C(C)(C)C)c(OC)c1C(C)(C)C.CCCOc1c(C=CC(=O)c2ccc(OC(=O)C(C)(C)C)cc2)c(OC(=O)C(C)(C)C)c(C(C)(C)CC)c(OC)c1C(C)(C)CC. The van der Waals surface area contributed by atoms with Crippen molar-refractivity contribution in [2.45, 2.75) is 227 Å². The van der Waals surface area contributed by atoms with E-state index in [0.29, 0.717) is 87.0 Å². The number of hydrogen-bond acceptors (Lipinski definition) is 14. The fraction of sp³-hybridized carbons (Fsp3) is 0.553. The van der Waals surface area contributed by atoms with Gasteiger partial charge in [0.05, 0.1) is 60.2 Å². The molecular formula is C76H108O14. The molecule has 0 aliphatic heterocycles. The van der Waals surface area contributed by atoms with Crippen molar-refractivity contribution in [2.24, 2.45) is 21.7 Å². The van der Waals surface area contributed by atoms with Gasteiger partial charge >= 0.3 is 23.9 Å². The smallest absolute Gasteiger partial charge is 0.316 e. The van der Waals surface area contributed by atoms with Crippen LogP contribution in [0, 0.1) is 21.7 Å². The van der Waals surface area contributed by atoms with Crippen molar-refractivity contribution in [1.82, 2.24) is 0 Å². The second-order valence-corrected chi connectivity index (χ2v) is 30.4. The highest BCUT2D eigenvalue weighted by Crippen LogP contribution is 2.56. The molecule has 14 nitrogen and oxygen atoms in total. The molecule has 0 spiro atoms. The lowest BCUT2D eigenvalue weighted by atomic mass is 9.73. The minimum atomic E-state index is -0.790. The number of methoxy groups -OCH3 is 2. The molecule has 0 radical (unpaired) electrons. The minimum Gasteiger partial charge on any atom is -0.496 e. The van der Waals surface area contributed by atoms with Crippen molar-refractivity contribution in [2.75, 3.05) is 27.4 Å². The third-order valence-electron chi connectivity index (χ3n) is 15.1. The van der Waals surface area contributed by atoms with Crippen LogP contribution in [0.2, 0.25) is 0 Å². The molecule has 0 aliphatic carbocycles. The normalized spacial score (nSPS) is 12.7. The summed E-state index contributed by atoms with van der Waals surface area (Å²) in [5.74, 6) is 1.52. The van der Waals surface area contributed by atoms with Crippen molar-refractivity contribution < 1.29 is 66.7 Å². The predicted octanol–water partition coefficient (Wildman–Crippen LogP) is 18.5. The van der Waals surface area contributed by atoms with E-state index in [0.717, 1.165) is 42.4 Å². The van der Waals surface area contributed by atoms with Gasteiger partial charge in [-0.1, -0.05) is 96.9 Å². The van der Waals surface area contributed by atoms with E-state index in [9.17, 15) is 28.8 Å². The minimum absolute atomic E-state index is 0.272. The van der Waals surface area contributed by atoms with Crippen LogP contribution in [0.4, 0.5) is 0 Å². The van der Waals surface area contributed by atoms with Crippen LogP contribution in [-0.4, -0.2) is 62.9 Å². The molecule has 4 rings (SSSR count). The van der Waals surface area contributed by atoms with Gasteiger partial charge in [-0.2, -0.15) is 0 Å². The number of rotatable bonds is 22. The molecule has 0 bridgehead atoms. The van der Waals surface area contributed by atoms with Crippen LogP contribution in [0.1, 0.15) is 260 Å². The summed E-state index contributed by atoms with van der Waals surface area (Å²) in [5.41, 5.74) is 0.331. The van der Waals surface area contributed by atoms with Crippen LogP contribution in [0.5, 0.6) is 46.0 Å². The first-order valence-corrected chi connectivity index (χ1v) is 31.6. The van der Waals surface area contributed by atoms with Crippen molar-refractivity contribution in [3.05, 3.63) is 105 Å². The Morgan fingerprint density at radius 2 is 0.622 bits per heavy atom. The van der Waals surface area contributed by atoms with Gasteiger partial charge in [-0.25, -0.2) is 0 Å². The monoisotopic (exact) mass is 1240 g/mol. The molecule has 90 heavy (non-hydrogen) atoms. The molecule has 0 saturated heterocycles. The van der Waals surface area contributed by atoms with Crippen LogP contribution in [0.25, 0.3) is 12.2 Å². The topological polar surface area (TPSA) is 176 Å². The van der Waals surface area contributed by atoms with E-state index >= 15 is 0 Å². The molecular weight excluding hydrogens is 1140 g/mol. The molecule has 0 aromatic heterocycles. The third kappa shape index (κ3) is 19.9. The highest BCUT2D eigenvalue weighted by molar-refractivity contribution is 6.08. The molecule has 4 aromatic carbocycles. The zero-order chi connectivity index (χ0) is 69.1. The van der Waals surface area contributed by atoms with Crippen LogP contribution < -0.4 is 37.9 Å². The standard InChI is InChI=1S/C39H56O7.C37H52O7/c1-15-24-44-31-27(22-23-28(40)25-18-20-26(21-19-25)45-34(41)36(4,5)6)32(46-35(42)37(7,8)9)30(39(12,13)17-3)33(43-14)29(31)38(10,11)16-2;1-15-22-42-29-25(20-21-26(38)23-16-18-24(19-17-23)43-32(39)36(8,9)10)30(44-33(40)37(11,12)13)28(35(5,6)7)31(41-14)27(29)34(2,3)4/h18-23H,15-17,24H2,1-14H3;16-21H,15,22H2,1-14H3. The maximum atomic E-state index is 13.6. The Morgan fingerprint density at radius 1 is 0.356 bits per heavy atom. The molecule has 4 aromatic rings. The zero-order valence-electron chi connectivity index (χ0n) is 59.9. The number of ketones is 2. The second-order valence-electron chi connectivity index (χ2n) is 30.4. The van der Waals surface area contributed by atoms with Crippen LogP contribution in [-0.2, 0) is 40.8 Å². The summed E-state index contributed by atoms with van der Waals surface area (Å²) in [6.45, 7) is 51.3. The number of allylic oxidation sites excluding steroid dienone is 2. The molecule has 496 valence electrons. The molecule has 0 heterocycles. The Kier molecular flexibility index (Phi) is 25.9. The first-order chi connectivity index (χ1) is 41.2. The van der Waals surface area contributed by atoms with Crippen molar-refractivity contribution >= 4 is 47.6 Å². The average molecular weight is 1250 g/mol. The number of ether oxygens (including phenoxy) is 8. The maximum absolute atomic E-state index is 13.6. The summed E-state index contributed by atoms with van der Waals surface area (Å²) >= 11 is 0. The summed E-state index contributed by atoms with van der Waals surface area (Å²) in [6, 6.07) is 12.9. The summed E-state index contributed by atoms with van der Waals surface area (Å²) in [7, 11) is 3.25. The van der Waals surface area contributed by atoms with Gasteiger partial charge in [-0.3, -0.25) is 28.8 Å². The number of esters is 4. The molecule has 14 heteroatoms. The van der Waals surface area contributed by atoms with E-state index < -0.39 is 49.8 Å². The summed E-state index contributed by atoms with van der Waals surface area (Å²) in [4.78, 5) is 78.5. The molecule has 0 unspecified atom stereocenters. The lowest BCUT2D eigenvalue weighted by Gasteiger charge is -2.36. The number of benzene rings is 4. The number of carbonyl (C=O) groups is 6. The fourth-order valence-corrected chi connectivity index (χ4v) is 8.88. The molecule has 0 aliphatic rings. The van der Waals surface area contributed by atoms with E-state index in [1.54, 1.807) is 137 Å². The first-order valence-electron chi connectivity index (χ1n) is 31.6. The van der Waals surface area contributed by atoms with Crippen LogP contribution in [0.3, 0.4) is 0 Å². The predicted molar refractivity (Wildman–Crippen MR) is 362 cm³/mol. The van der Waals surface area contributed by atoms with Crippen molar-refractivity contribution in [1.29, 1.82) is 0 Å². The Bertz CT molecular complexity index is 3250. The fourth-order valence-electron chi connectivity index (χ4n) is 8.88. The molecule has 0 fully saturated rings. The Balaban J connectivity index is 0.000000471. The molecule has 0 amide bonds. The van der Waals surface area contributed by atoms with Gasteiger partial charge in [0.1, 0.15) is 46.0 Å². The van der Waals surface area contributed by atoms with E-state index in [4.69, 9.17) is 37.9 Å². The lowest BCUT2D eigenvalue weighted by molar-refractivity contribution is -0.143. The highest BCUT2D eigenvalue weighted by atomic mass is 16.6. The van der Waals surface area contributed by atoms with E-state index in [1.165, 1.54) is 12.2 Å². The summed E-state index contributed by atoms with van der Waals surface area (Å²) < 4.78 is 48.6. The largest absolute Gasteiger partial charge is 0.496 e. The van der Waals surface area contributed by atoms with Crippen LogP contribution >= 0.6 is 0 Å². The molecule has 0 atom stereocenters. The molecule has 0 saturated carbocycles. The zero-order valence-corrected chi connectivity index (χ0v) is 59.9. The Labute approximate surface area is 539 Å². The van der Waals surface area contributed by atoms with Crippen molar-refractivity contribution in [3.63, 3.8) is 0 Å². The van der Waals surface area contributed by atoms with Gasteiger partial charge in [-0.05, 0) is 203 Å². The van der Waals surface area contributed by atoms with Gasteiger partial charge in [0.15, 0.2) is 11.6 Å². The van der Waals surface area contributed by atoms with Gasteiger partial charge < -0.3 is 37.9 Å². The molecule has 0 N–H and O–H groups in total. The van der Waals surface area contributed by atoms with Gasteiger partial charge in [0.2, 0.25) is 0 Å². The van der Waals surface area contributed by atoms with E-state index in [2.05, 4.69) is 62.3 Å². The van der Waals surface area contributed by atoms with Crippen molar-refractivity contribution in [3.8, 4) is 46.0 Å². The first kappa shape index (κ1) is 77.0. The summed E-state index contributed by atoms with van der Waals surface area (Å²) in [6.07, 6.45) is 9.29. The Morgan fingerprint density at radius 3 is 0.900 bits per heavy atom. The average Bonchev–Trinajstić information content (AvgIpc) is 0.743. The Hall–Kier alpha value is -7.22.